The number of carbonyl (C=O) groups is 1. The van der Waals surface area contributed by atoms with Gasteiger partial charge in [0.2, 0.25) is 5.91 Å². The maximum atomic E-state index is 10.3. The van der Waals surface area contributed by atoms with Crippen LogP contribution in [0.1, 0.15) is 0 Å². The van der Waals surface area contributed by atoms with Crippen LogP contribution in [0.15, 0.2) is 12.8 Å². The van der Waals surface area contributed by atoms with Crippen LogP contribution in [0.4, 0.5) is 0 Å². The molecule has 0 aliphatic rings. The second-order valence-electron chi connectivity index (χ2n) is 1.20. The highest BCUT2D eigenvalue weighted by Gasteiger charge is 1.91. The van der Waals surface area contributed by atoms with Crippen molar-refractivity contribution >= 4 is 5.91 Å². The summed E-state index contributed by atoms with van der Waals surface area (Å²) in [5.74, 6) is -0.178. The van der Waals surface area contributed by atoms with Crippen molar-refractivity contribution in [2.45, 2.75) is 0 Å². The van der Waals surface area contributed by atoms with Crippen molar-refractivity contribution in [2.75, 3.05) is 13.7 Å². The molecule has 0 radical (unpaired) electrons. The van der Waals surface area contributed by atoms with E-state index in [2.05, 4.69) is 16.6 Å². The van der Waals surface area contributed by atoms with E-state index >= 15 is 0 Å². The fourth-order valence-electron chi connectivity index (χ4n) is 0.287. The molecule has 0 saturated heterocycles. The van der Waals surface area contributed by atoms with Crippen molar-refractivity contribution in [3.63, 3.8) is 0 Å². The predicted molar refractivity (Wildman–Crippen MR) is 30.2 cm³/mol. The van der Waals surface area contributed by atoms with E-state index in [0.717, 1.165) is 0 Å². The van der Waals surface area contributed by atoms with E-state index in [1.165, 1.54) is 13.3 Å². The van der Waals surface area contributed by atoms with E-state index in [-0.39, 0.29) is 12.5 Å². The van der Waals surface area contributed by atoms with Crippen molar-refractivity contribution in [2.24, 2.45) is 0 Å². The van der Waals surface area contributed by atoms with Crippen molar-refractivity contribution in [3.8, 4) is 0 Å². The average molecular weight is 115 g/mol. The Labute approximate surface area is 48.3 Å². The van der Waals surface area contributed by atoms with Crippen LogP contribution >= 0.6 is 0 Å². The molecule has 0 aromatic rings. The minimum absolute atomic E-state index is 0.0893. The van der Waals surface area contributed by atoms with Crippen LogP contribution < -0.4 is 5.32 Å². The molecule has 0 unspecified atom stereocenters. The van der Waals surface area contributed by atoms with Gasteiger partial charge in [-0.15, -0.1) is 0 Å². The molecule has 0 aromatic heterocycles. The van der Waals surface area contributed by atoms with Gasteiger partial charge in [0.15, 0.2) is 0 Å². The summed E-state index contributed by atoms with van der Waals surface area (Å²) in [6.07, 6.45) is 1.32. The maximum Gasteiger partial charge on any atom is 0.249 e. The molecular weight excluding hydrogens is 106 g/mol. The van der Waals surface area contributed by atoms with Crippen LogP contribution in [0.3, 0.4) is 0 Å². The third kappa shape index (κ3) is 3.36. The van der Waals surface area contributed by atoms with E-state index in [1.54, 1.807) is 0 Å². The monoisotopic (exact) mass is 115 g/mol. The number of rotatable bonds is 3. The largest absolute Gasteiger partial charge is 0.375 e. The SMILES string of the molecule is C=CNC(=O)COC. The van der Waals surface area contributed by atoms with Crippen LogP contribution in [0.2, 0.25) is 0 Å². The molecule has 0 atom stereocenters. The number of nitrogens with one attached hydrogen (secondary N) is 1. The number of hydrogen-bond acceptors (Lipinski definition) is 2. The Bertz CT molecular complexity index is 90.4. The van der Waals surface area contributed by atoms with Crippen LogP contribution in [0.25, 0.3) is 0 Å². The molecule has 3 nitrogen and oxygen atoms in total. The Hall–Kier alpha value is -0.830. The molecule has 1 amide bonds. The van der Waals surface area contributed by atoms with Gasteiger partial charge < -0.3 is 10.1 Å². The molecule has 0 aromatic carbocycles. The fourth-order valence-corrected chi connectivity index (χ4v) is 0.287. The van der Waals surface area contributed by atoms with Gasteiger partial charge in [-0.3, -0.25) is 4.79 Å². The lowest BCUT2D eigenvalue weighted by Gasteiger charge is -1.94. The molecule has 0 rings (SSSR count). The van der Waals surface area contributed by atoms with Gasteiger partial charge in [-0.05, 0) is 6.20 Å². The second-order valence-corrected chi connectivity index (χ2v) is 1.20. The van der Waals surface area contributed by atoms with E-state index < -0.39 is 0 Å². The maximum absolute atomic E-state index is 10.3. The molecule has 0 aliphatic carbocycles. The van der Waals surface area contributed by atoms with Crippen molar-refractivity contribution in [1.29, 1.82) is 0 Å². The zero-order chi connectivity index (χ0) is 6.41. The summed E-state index contributed by atoms with van der Waals surface area (Å²) in [6, 6.07) is 0. The number of amides is 1. The van der Waals surface area contributed by atoms with Gasteiger partial charge in [0.1, 0.15) is 6.61 Å². The quantitative estimate of drug-likeness (QED) is 0.557. The normalized spacial score (nSPS) is 8.12. The van der Waals surface area contributed by atoms with Gasteiger partial charge >= 0.3 is 0 Å². The van der Waals surface area contributed by atoms with Gasteiger partial charge in [0.25, 0.3) is 0 Å². The number of ether oxygens (including phenoxy) is 1. The smallest absolute Gasteiger partial charge is 0.249 e. The Morgan fingerprint density at radius 1 is 2.00 bits per heavy atom. The lowest BCUT2D eigenvalue weighted by atomic mass is 10.6. The number of carbonyl (C=O) groups excluding carboxylic acids is 1. The number of hydrogen-bond donors (Lipinski definition) is 1. The minimum atomic E-state index is -0.178. The first-order chi connectivity index (χ1) is 3.81. The summed E-state index contributed by atoms with van der Waals surface area (Å²) in [5, 5.41) is 2.35. The summed E-state index contributed by atoms with van der Waals surface area (Å²) in [7, 11) is 1.46. The van der Waals surface area contributed by atoms with E-state index in [1.807, 2.05) is 0 Å². The average Bonchev–Trinajstić information content (AvgIpc) is 1.68. The van der Waals surface area contributed by atoms with E-state index in [4.69, 9.17) is 0 Å². The topological polar surface area (TPSA) is 38.3 Å². The predicted octanol–water partition coefficient (Wildman–Crippen LogP) is -0.108. The molecule has 8 heavy (non-hydrogen) atoms. The van der Waals surface area contributed by atoms with Crippen molar-refractivity contribution < 1.29 is 9.53 Å². The van der Waals surface area contributed by atoms with Gasteiger partial charge in [0.05, 0.1) is 0 Å². The molecule has 0 spiro atoms. The van der Waals surface area contributed by atoms with Crippen LogP contribution in [0, 0.1) is 0 Å². The third-order valence-corrected chi connectivity index (χ3v) is 0.538. The Morgan fingerprint density at radius 3 is 3.00 bits per heavy atom. The van der Waals surface area contributed by atoms with E-state index in [0.29, 0.717) is 0 Å². The standard InChI is InChI=1S/C5H9NO2/c1-3-6-5(7)4-8-2/h3H,1,4H2,2H3,(H,6,7). The number of methoxy groups -OCH3 is 1. The third-order valence-electron chi connectivity index (χ3n) is 0.538. The molecular formula is C5H9NO2. The molecule has 3 heteroatoms. The molecule has 0 fully saturated rings. The summed E-state index contributed by atoms with van der Waals surface area (Å²) < 4.78 is 4.50. The summed E-state index contributed by atoms with van der Waals surface area (Å²) in [4.78, 5) is 10.3. The van der Waals surface area contributed by atoms with Gasteiger partial charge in [-0.25, -0.2) is 0 Å². The van der Waals surface area contributed by atoms with Gasteiger partial charge in [-0.1, -0.05) is 6.58 Å². The highest BCUT2D eigenvalue weighted by Crippen LogP contribution is 1.66. The van der Waals surface area contributed by atoms with E-state index in [9.17, 15) is 4.79 Å². The first-order valence-corrected chi connectivity index (χ1v) is 2.20. The highest BCUT2D eigenvalue weighted by molar-refractivity contribution is 5.77. The van der Waals surface area contributed by atoms with Gasteiger partial charge in [0, 0.05) is 7.11 Å². The molecule has 1 N–H and O–H groups in total. The zero-order valence-electron chi connectivity index (χ0n) is 4.81. The summed E-state index contributed by atoms with van der Waals surface area (Å²) >= 11 is 0. The van der Waals surface area contributed by atoms with Crippen LogP contribution in [-0.4, -0.2) is 19.6 Å². The molecule has 46 valence electrons. The molecule has 0 saturated carbocycles. The molecule has 0 aliphatic heterocycles. The Morgan fingerprint density at radius 2 is 2.62 bits per heavy atom. The first kappa shape index (κ1) is 7.17. The fraction of sp³-hybridized carbons (Fsp3) is 0.400. The summed E-state index contributed by atoms with van der Waals surface area (Å²) in [5.41, 5.74) is 0. The second kappa shape index (κ2) is 4.33. The highest BCUT2D eigenvalue weighted by atomic mass is 16.5. The molecule has 0 heterocycles. The first-order valence-electron chi connectivity index (χ1n) is 2.20. The lowest BCUT2D eigenvalue weighted by Crippen LogP contribution is -2.21. The van der Waals surface area contributed by atoms with Gasteiger partial charge in [-0.2, -0.15) is 0 Å². The van der Waals surface area contributed by atoms with Crippen molar-refractivity contribution in [1.82, 2.24) is 5.32 Å². The minimum Gasteiger partial charge on any atom is -0.375 e. The summed E-state index contributed by atoms with van der Waals surface area (Å²) in [6.45, 7) is 3.38. The molecule has 0 bridgehead atoms. The van der Waals surface area contributed by atoms with Crippen LogP contribution in [-0.2, 0) is 9.53 Å². The lowest BCUT2D eigenvalue weighted by molar-refractivity contribution is -0.123. The Kier molecular flexibility index (Phi) is 3.88. The zero-order valence-corrected chi connectivity index (χ0v) is 4.81. The van der Waals surface area contributed by atoms with Crippen LogP contribution in [0.5, 0.6) is 0 Å². The Balaban J connectivity index is 3.18. The van der Waals surface area contributed by atoms with Crippen molar-refractivity contribution in [3.05, 3.63) is 12.8 Å².